The molecule has 7 heavy (non-hydrogen) atoms. The lowest BCUT2D eigenvalue weighted by atomic mass is 10.6. The molecule has 36 valence electrons. The summed E-state index contributed by atoms with van der Waals surface area (Å²) in [5.41, 5.74) is 2.86. The van der Waals surface area contributed by atoms with Crippen molar-refractivity contribution in [1.29, 1.82) is 0 Å². The second-order valence-corrected chi connectivity index (χ2v) is 1.30. The SMILES string of the molecule is CN1C=C=CC=N1. The molecule has 1 aliphatic heterocycles. The Morgan fingerprint density at radius 3 is 2.86 bits per heavy atom. The average molecular weight is 94.1 g/mol. The van der Waals surface area contributed by atoms with Crippen molar-refractivity contribution < 1.29 is 0 Å². The van der Waals surface area contributed by atoms with Gasteiger partial charge in [-0.15, -0.1) is 0 Å². The van der Waals surface area contributed by atoms with Crippen molar-refractivity contribution in [1.82, 2.24) is 5.01 Å². The Morgan fingerprint density at radius 2 is 2.57 bits per heavy atom. The van der Waals surface area contributed by atoms with Gasteiger partial charge in [-0.05, 0) is 0 Å². The first-order valence-corrected chi connectivity index (χ1v) is 2.07. The van der Waals surface area contributed by atoms with Gasteiger partial charge in [-0.25, -0.2) is 0 Å². The Kier molecular flexibility index (Phi) is 0.966. The first-order valence-electron chi connectivity index (χ1n) is 2.07. The van der Waals surface area contributed by atoms with Crippen LogP contribution in [0.2, 0.25) is 0 Å². The molecular formula is C5H6N2. The van der Waals surface area contributed by atoms with E-state index < -0.39 is 0 Å². The third kappa shape index (κ3) is 0.913. The Balaban J connectivity index is 2.77. The maximum atomic E-state index is 3.86. The second-order valence-electron chi connectivity index (χ2n) is 1.30. The highest BCUT2D eigenvalue weighted by Gasteiger charge is 1.80. The number of rotatable bonds is 0. The average Bonchev–Trinajstić information content (AvgIpc) is 1.69. The normalized spacial score (nSPS) is 15.9. The Morgan fingerprint density at radius 1 is 1.71 bits per heavy atom. The van der Waals surface area contributed by atoms with Crippen LogP contribution in [-0.4, -0.2) is 18.3 Å². The Bertz CT molecular complexity index is 140. The fraction of sp³-hybridized carbons (Fsp3) is 0.200. The monoisotopic (exact) mass is 94.1 g/mol. The molecule has 0 spiro atoms. The molecule has 2 heteroatoms. The second kappa shape index (κ2) is 1.63. The maximum Gasteiger partial charge on any atom is 0.0647 e. The molecule has 0 saturated carbocycles. The summed E-state index contributed by atoms with van der Waals surface area (Å²) in [6, 6.07) is 0. The van der Waals surface area contributed by atoms with Crippen LogP contribution in [0.1, 0.15) is 0 Å². The molecule has 0 unspecified atom stereocenters. The lowest BCUT2D eigenvalue weighted by Crippen LogP contribution is -2.01. The summed E-state index contributed by atoms with van der Waals surface area (Å²) in [4.78, 5) is 0. The summed E-state index contributed by atoms with van der Waals surface area (Å²) in [5, 5.41) is 5.56. The van der Waals surface area contributed by atoms with Crippen molar-refractivity contribution in [3.63, 3.8) is 0 Å². The van der Waals surface area contributed by atoms with Crippen LogP contribution in [0.4, 0.5) is 0 Å². The molecule has 0 atom stereocenters. The molecule has 1 rings (SSSR count). The summed E-state index contributed by atoms with van der Waals surface area (Å²) < 4.78 is 0. The first kappa shape index (κ1) is 4.16. The topological polar surface area (TPSA) is 15.6 Å². The van der Waals surface area contributed by atoms with Crippen molar-refractivity contribution in [3.05, 3.63) is 18.0 Å². The number of hydrazone groups is 1. The zero-order valence-corrected chi connectivity index (χ0v) is 4.13. The van der Waals surface area contributed by atoms with E-state index in [0.29, 0.717) is 0 Å². The van der Waals surface area contributed by atoms with E-state index in [1.54, 1.807) is 23.5 Å². The zero-order valence-electron chi connectivity index (χ0n) is 4.13. The lowest BCUT2D eigenvalue weighted by molar-refractivity contribution is 0.492. The Labute approximate surface area is 42.4 Å². The third-order valence-corrected chi connectivity index (χ3v) is 0.681. The molecule has 0 bridgehead atoms. The van der Waals surface area contributed by atoms with E-state index in [-0.39, 0.29) is 0 Å². The predicted molar refractivity (Wildman–Crippen MR) is 28.9 cm³/mol. The minimum absolute atomic E-state index is 1.69. The largest absolute Gasteiger partial charge is 0.268 e. The van der Waals surface area contributed by atoms with E-state index >= 15 is 0 Å². The Hall–Kier alpha value is -1.01. The van der Waals surface area contributed by atoms with E-state index in [1.165, 1.54) is 0 Å². The van der Waals surface area contributed by atoms with Gasteiger partial charge in [0, 0.05) is 13.1 Å². The summed E-state index contributed by atoms with van der Waals surface area (Å²) in [7, 11) is 1.86. The van der Waals surface area contributed by atoms with Gasteiger partial charge in [0.15, 0.2) is 0 Å². The van der Waals surface area contributed by atoms with Crippen LogP contribution in [0, 0.1) is 0 Å². The number of nitrogens with zero attached hydrogens (tertiary/aromatic N) is 2. The number of allylic oxidation sites excluding steroid dienone is 1. The van der Waals surface area contributed by atoms with E-state index in [1.807, 2.05) is 7.05 Å². The molecule has 0 N–H and O–H groups in total. The minimum Gasteiger partial charge on any atom is -0.268 e. The predicted octanol–water partition coefficient (Wildman–Crippen LogP) is 0.586. The quantitative estimate of drug-likeness (QED) is 0.401. The number of hydrogen-bond donors (Lipinski definition) is 0. The fourth-order valence-electron chi connectivity index (χ4n) is 0.366. The molecule has 0 radical (unpaired) electrons. The summed E-state index contributed by atoms with van der Waals surface area (Å²) in [6.45, 7) is 0. The van der Waals surface area contributed by atoms with Gasteiger partial charge in [-0.2, -0.15) is 5.10 Å². The van der Waals surface area contributed by atoms with Crippen molar-refractivity contribution in [2.24, 2.45) is 5.10 Å². The molecule has 0 fully saturated rings. The summed E-state index contributed by atoms with van der Waals surface area (Å²) in [5.74, 6) is 0. The van der Waals surface area contributed by atoms with Gasteiger partial charge in [0.05, 0.1) is 12.4 Å². The lowest BCUT2D eigenvalue weighted by Gasteiger charge is -2.03. The molecular weight excluding hydrogens is 88.1 g/mol. The van der Waals surface area contributed by atoms with Crippen LogP contribution in [0.3, 0.4) is 0 Å². The highest BCUT2D eigenvalue weighted by molar-refractivity contribution is 5.71. The standard InChI is InChI=1S/C5H6N2/c1-7-5-3-2-4-6-7/h2,4-5H,1H3. The minimum atomic E-state index is 1.69. The molecule has 1 heterocycles. The first-order chi connectivity index (χ1) is 3.39. The highest BCUT2D eigenvalue weighted by atomic mass is 15.4. The molecule has 0 aliphatic carbocycles. The van der Waals surface area contributed by atoms with Gasteiger partial charge in [-0.1, -0.05) is 5.73 Å². The molecule has 0 amide bonds. The van der Waals surface area contributed by atoms with Gasteiger partial charge < -0.3 is 0 Å². The van der Waals surface area contributed by atoms with Crippen LogP contribution < -0.4 is 0 Å². The molecule has 1 aliphatic rings. The molecule has 0 aromatic heterocycles. The molecule has 0 saturated heterocycles. The van der Waals surface area contributed by atoms with Crippen molar-refractivity contribution in [2.45, 2.75) is 0 Å². The smallest absolute Gasteiger partial charge is 0.0647 e. The van der Waals surface area contributed by atoms with Gasteiger partial charge in [0.1, 0.15) is 0 Å². The third-order valence-electron chi connectivity index (χ3n) is 0.681. The summed E-state index contributed by atoms with van der Waals surface area (Å²) in [6.07, 6.45) is 5.22. The molecule has 0 aromatic carbocycles. The van der Waals surface area contributed by atoms with Gasteiger partial charge in [0.25, 0.3) is 0 Å². The van der Waals surface area contributed by atoms with E-state index in [2.05, 4.69) is 10.8 Å². The van der Waals surface area contributed by atoms with Crippen LogP contribution in [0.15, 0.2) is 23.1 Å². The highest BCUT2D eigenvalue weighted by Crippen LogP contribution is 1.85. The number of hydrogen-bond acceptors (Lipinski definition) is 2. The van der Waals surface area contributed by atoms with Crippen LogP contribution in [-0.2, 0) is 0 Å². The maximum absolute atomic E-state index is 3.86. The van der Waals surface area contributed by atoms with Crippen molar-refractivity contribution in [3.8, 4) is 0 Å². The van der Waals surface area contributed by atoms with E-state index in [9.17, 15) is 0 Å². The van der Waals surface area contributed by atoms with Crippen molar-refractivity contribution in [2.75, 3.05) is 7.05 Å². The van der Waals surface area contributed by atoms with E-state index in [0.717, 1.165) is 0 Å². The van der Waals surface area contributed by atoms with Gasteiger partial charge in [-0.3, -0.25) is 5.01 Å². The van der Waals surface area contributed by atoms with Crippen LogP contribution >= 0.6 is 0 Å². The molecule has 0 aromatic rings. The summed E-state index contributed by atoms with van der Waals surface area (Å²) >= 11 is 0. The van der Waals surface area contributed by atoms with Crippen molar-refractivity contribution >= 4 is 6.21 Å². The molecule has 2 nitrogen and oxygen atoms in total. The fourth-order valence-corrected chi connectivity index (χ4v) is 0.366. The van der Waals surface area contributed by atoms with E-state index in [4.69, 9.17) is 0 Å². The van der Waals surface area contributed by atoms with Gasteiger partial charge in [0.2, 0.25) is 0 Å². The van der Waals surface area contributed by atoms with Crippen LogP contribution in [0.25, 0.3) is 0 Å². The zero-order chi connectivity index (χ0) is 5.11. The van der Waals surface area contributed by atoms with Crippen LogP contribution in [0.5, 0.6) is 0 Å². The van der Waals surface area contributed by atoms with Gasteiger partial charge >= 0.3 is 0 Å².